The quantitative estimate of drug-likeness (QED) is 0.471. The molecule has 0 fully saturated rings. The molecule has 0 aliphatic heterocycles. The van der Waals surface area contributed by atoms with E-state index in [1.807, 2.05) is 0 Å². The van der Waals surface area contributed by atoms with Gasteiger partial charge in [-0.3, -0.25) is 0 Å². The van der Waals surface area contributed by atoms with E-state index < -0.39 is 17.9 Å². The lowest BCUT2D eigenvalue weighted by atomic mass is 10.1. The van der Waals surface area contributed by atoms with Crippen LogP contribution >= 0.6 is 0 Å². The third kappa shape index (κ3) is 2.78. The molecular weight excluding hydrogens is 212 g/mol. The van der Waals surface area contributed by atoms with Crippen LogP contribution in [0.5, 0.6) is 0 Å². The third-order valence-electron chi connectivity index (χ3n) is 1.73. The van der Waals surface area contributed by atoms with Crippen LogP contribution in [0.1, 0.15) is 20.7 Å². The van der Waals surface area contributed by atoms with Gasteiger partial charge in [0.25, 0.3) is 0 Å². The summed E-state index contributed by atoms with van der Waals surface area (Å²) in [7, 11) is 0. The van der Waals surface area contributed by atoms with Gasteiger partial charge in [0.1, 0.15) is 0 Å². The number of carboxylic acids is 1. The topological polar surface area (TPSA) is 80.7 Å². The van der Waals surface area contributed by atoms with Crippen LogP contribution in [0, 0.1) is 0 Å². The smallest absolute Gasteiger partial charge is 0.346 e. The minimum Gasteiger partial charge on any atom is -0.478 e. The van der Waals surface area contributed by atoms with Gasteiger partial charge in [-0.25, -0.2) is 14.4 Å². The maximum Gasteiger partial charge on any atom is 0.346 e. The van der Waals surface area contributed by atoms with Crippen molar-refractivity contribution in [1.82, 2.24) is 0 Å². The Morgan fingerprint density at radius 3 is 2.06 bits per heavy atom. The molecule has 1 rings (SSSR count). The van der Waals surface area contributed by atoms with Crippen LogP contribution in [0.15, 0.2) is 36.9 Å². The zero-order valence-electron chi connectivity index (χ0n) is 8.17. The molecule has 0 amide bonds. The molecule has 0 bridgehead atoms. The number of rotatable bonds is 3. The van der Waals surface area contributed by atoms with Gasteiger partial charge in [0.15, 0.2) is 0 Å². The van der Waals surface area contributed by atoms with Gasteiger partial charge in [-0.1, -0.05) is 6.58 Å². The second-order valence-corrected chi connectivity index (χ2v) is 2.80. The highest BCUT2D eigenvalue weighted by molar-refractivity contribution is 6.00. The first-order valence-electron chi connectivity index (χ1n) is 4.26. The number of hydrogen-bond donors (Lipinski definition) is 1. The van der Waals surface area contributed by atoms with Crippen molar-refractivity contribution < 1.29 is 24.2 Å². The Balaban J connectivity index is 2.81. The van der Waals surface area contributed by atoms with Crippen molar-refractivity contribution in [3.63, 3.8) is 0 Å². The summed E-state index contributed by atoms with van der Waals surface area (Å²) in [6.07, 6.45) is 0.865. The van der Waals surface area contributed by atoms with Crippen molar-refractivity contribution in [2.75, 3.05) is 0 Å². The van der Waals surface area contributed by atoms with E-state index in [4.69, 9.17) is 5.11 Å². The van der Waals surface area contributed by atoms with Crippen molar-refractivity contribution in [2.24, 2.45) is 0 Å². The van der Waals surface area contributed by atoms with Crippen molar-refractivity contribution >= 4 is 17.9 Å². The molecule has 16 heavy (non-hydrogen) atoms. The van der Waals surface area contributed by atoms with Gasteiger partial charge in [-0.2, -0.15) is 0 Å². The molecule has 0 aromatic heterocycles. The molecule has 0 heterocycles. The van der Waals surface area contributed by atoms with Gasteiger partial charge < -0.3 is 9.84 Å². The van der Waals surface area contributed by atoms with Crippen molar-refractivity contribution in [3.05, 3.63) is 48.0 Å². The van der Waals surface area contributed by atoms with Crippen LogP contribution in [0.3, 0.4) is 0 Å². The van der Waals surface area contributed by atoms with Gasteiger partial charge in [0, 0.05) is 6.08 Å². The first kappa shape index (κ1) is 11.6. The molecule has 1 N–H and O–H groups in total. The summed E-state index contributed by atoms with van der Waals surface area (Å²) in [6.45, 7) is 3.14. The van der Waals surface area contributed by atoms with Gasteiger partial charge in [-0.15, -0.1) is 0 Å². The number of carbonyl (C=O) groups excluding carboxylic acids is 2. The summed E-state index contributed by atoms with van der Waals surface area (Å²) in [6, 6.07) is 5.03. The Morgan fingerprint density at radius 1 is 1.12 bits per heavy atom. The predicted molar refractivity (Wildman–Crippen MR) is 54.0 cm³/mol. The average Bonchev–Trinajstić information content (AvgIpc) is 2.28. The van der Waals surface area contributed by atoms with E-state index in [0.29, 0.717) is 0 Å². The normalized spacial score (nSPS) is 9.25. The molecular formula is C11H8O5. The van der Waals surface area contributed by atoms with Gasteiger partial charge >= 0.3 is 17.9 Å². The lowest BCUT2D eigenvalue weighted by Crippen LogP contribution is -2.10. The highest BCUT2D eigenvalue weighted by Gasteiger charge is 2.11. The fourth-order valence-corrected chi connectivity index (χ4v) is 0.941. The first-order valence-corrected chi connectivity index (χ1v) is 4.26. The number of carbonyl (C=O) groups is 3. The summed E-state index contributed by atoms with van der Waals surface area (Å²) >= 11 is 0. The fourth-order valence-electron chi connectivity index (χ4n) is 0.941. The number of benzene rings is 1. The number of ether oxygens (including phenoxy) is 1. The maximum absolute atomic E-state index is 11.3. The Morgan fingerprint density at radius 2 is 1.62 bits per heavy atom. The van der Waals surface area contributed by atoms with Crippen LogP contribution in [0.4, 0.5) is 0 Å². The molecule has 0 spiro atoms. The fraction of sp³-hybridized carbons (Fsp3) is 0. The monoisotopic (exact) mass is 220 g/mol. The van der Waals surface area contributed by atoms with Crippen molar-refractivity contribution in [1.29, 1.82) is 0 Å². The SMILES string of the molecule is C=CC(=O)OC(=O)c1ccc(C(=O)O)cc1. The molecule has 5 nitrogen and oxygen atoms in total. The molecule has 5 heteroatoms. The van der Waals surface area contributed by atoms with E-state index >= 15 is 0 Å². The minimum atomic E-state index is -1.10. The van der Waals surface area contributed by atoms with Crippen molar-refractivity contribution in [2.45, 2.75) is 0 Å². The van der Waals surface area contributed by atoms with E-state index in [9.17, 15) is 14.4 Å². The van der Waals surface area contributed by atoms with Crippen LogP contribution in [-0.4, -0.2) is 23.0 Å². The second kappa shape index (κ2) is 4.88. The predicted octanol–water partition coefficient (Wildman–Crippen LogP) is 1.25. The first-order chi connectivity index (χ1) is 7.54. The number of aromatic carboxylic acids is 1. The van der Waals surface area contributed by atoms with Crippen LogP contribution in [0.2, 0.25) is 0 Å². The summed E-state index contributed by atoms with van der Waals surface area (Å²) in [5, 5.41) is 8.61. The summed E-state index contributed by atoms with van der Waals surface area (Å²) in [5.74, 6) is -2.80. The number of carboxylic acid groups (broad SMARTS) is 1. The van der Waals surface area contributed by atoms with E-state index in [2.05, 4.69) is 11.3 Å². The second-order valence-electron chi connectivity index (χ2n) is 2.80. The minimum absolute atomic E-state index is 0.0478. The van der Waals surface area contributed by atoms with E-state index in [1.165, 1.54) is 24.3 Å². The van der Waals surface area contributed by atoms with E-state index in [-0.39, 0.29) is 11.1 Å². The zero-order chi connectivity index (χ0) is 12.1. The Hall–Kier alpha value is -2.43. The van der Waals surface area contributed by atoms with Crippen LogP contribution in [0.25, 0.3) is 0 Å². The van der Waals surface area contributed by atoms with Gasteiger partial charge in [-0.05, 0) is 24.3 Å². The highest BCUT2D eigenvalue weighted by Crippen LogP contribution is 2.06. The Labute approximate surface area is 91.0 Å². The highest BCUT2D eigenvalue weighted by atomic mass is 16.6. The molecule has 0 radical (unpaired) electrons. The zero-order valence-corrected chi connectivity index (χ0v) is 8.17. The third-order valence-corrected chi connectivity index (χ3v) is 1.73. The summed E-state index contributed by atoms with van der Waals surface area (Å²) in [5.41, 5.74) is 0.145. The largest absolute Gasteiger partial charge is 0.478 e. The Kier molecular flexibility index (Phi) is 3.55. The number of hydrogen-bond acceptors (Lipinski definition) is 4. The van der Waals surface area contributed by atoms with Crippen LogP contribution in [-0.2, 0) is 9.53 Å². The summed E-state index contributed by atoms with van der Waals surface area (Å²) < 4.78 is 4.34. The summed E-state index contributed by atoms with van der Waals surface area (Å²) in [4.78, 5) is 32.5. The Bertz CT molecular complexity index is 444. The van der Waals surface area contributed by atoms with Crippen LogP contribution < -0.4 is 0 Å². The molecule has 1 aromatic carbocycles. The molecule has 1 aromatic rings. The molecule has 0 unspecified atom stereocenters. The molecule has 0 aliphatic rings. The lowest BCUT2D eigenvalue weighted by Gasteiger charge is -2.00. The van der Waals surface area contributed by atoms with Gasteiger partial charge in [0.2, 0.25) is 0 Å². The molecule has 82 valence electrons. The number of esters is 2. The lowest BCUT2D eigenvalue weighted by molar-refractivity contribution is -0.132. The van der Waals surface area contributed by atoms with Crippen molar-refractivity contribution in [3.8, 4) is 0 Å². The van der Waals surface area contributed by atoms with E-state index in [0.717, 1.165) is 6.08 Å². The van der Waals surface area contributed by atoms with E-state index in [1.54, 1.807) is 0 Å². The molecule has 0 atom stereocenters. The molecule has 0 saturated heterocycles. The maximum atomic E-state index is 11.3. The standard InChI is InChI=1S/C11H8O5/c1-2-9(12)16-11(15)8-5-3-7(4-6-8)10(13)14/h2-6H,1H2,(H,13,14). The average molecular weight is 220 g/mol. The van der Waals surface area contributed by atoms with Gasteiger partial charge in [0.05, 0.1) is 11.1 Å². The molecule has 0 aliphatic carbocycles. The molecule has 0 saturated carbocycles.